The SMILES string of the molecule is COC1/C=C/OC2(C)Oc3c(C)c(O)c4c(O)c(c(/C=N/Nc5ccc(N6CCCCC6)nn5)c(O)c4c3C2=O)NC(=O)/C(C)=C/C=C/C(C)C(O)C(C)C(O)C(C)C(OC(C)=O)C1C. The number of phenols is 3. The molecule has 9 unspecified atom stereocenters. The van der Waals surface area contributed by atoms with Crippen molar-refractivity contribution in [2.75, 3.05) is 35.8 Å². The van der Waals surface area contributed by atoms with E-state index in [2.05, 4.69) is 30.9 Å². The topological polar surface area (TPSA) is 255 Å². The maximum atomic E-state index is 14.5. The minimum absolute atomic E-state index is 0.0243. The summed E-state index contributed by atoms with van der Waals surface area (Å²) in [5.74, 6) is -7.82. The average molecular weight is 901 g/mol. The second-order valence-electron chi connectivity index (χ2n) is 17.3. The van der Waals surface area contributed by atoms with Crippen LogP contribution in [0, 0.1) is 30.6 Å². The van der Waals surface area contributed by atoms with E-state index < -0.39 is 88.8 Å². The molecule has 5 bridgehead atoms. The summed E-state index contributed by atoms with van der Waals surface area (Å²) in [6, 6.07) is 3.48. The highest BCUT2D eigenvalue weighted by atomic mass is 16.7. The van der Waals surface area contributed by atoms with Gasteiger partial charge in [-0.1, -0.05) is 45.9 Å². The van der Waals surface area contributed by atoms with Crippen LogP contribution in [0.1, 0.15) is 89.2 Å². The van der Waals surface area contributed by atoms with Crippen LogP contribution in [-0.2, 0) is 23.8 Å². The number of piperidine rings is 1. The third kappa shape index (κ3) is 9.74. The number of ketones is 1. The molecule has 1 saturated heterocycles. The molecular weight excluding hydrogens is 841 g/mol. The zero-order chi connectivity index (χ0) is 47.5. The first-order chi connectivity index (χ1) is 30.8. The number of benzene rings is 2. The van der Waals surface area contributed by atoms with Gasteiger partial charge >= 0.3 is 11.8 Å². The molecule has 3 aromatic rings. The first kappa shape index (κ1) is 48.2. The Bertz CT molecular complexity index is 2410. The van der Waals surface area contributed by atoms with E-state index in [9.17, 15) is 39.9 Å². The zero-order valence-corrected chi connectivity index (χ0v) is 38.2. The number of amides is 1. The number of hydrazone groups is 1. The van der Waals surface area contributed by atoms with Crippen molar-refractivity contribution in [1.82, 2.24) is 10.2 Å². The lowest BCUT2D eigenvalue weighted by molar-refractivity contribution is -0.160. The van der Waals surface area contributed by atoms with Crippen molar-refractivity contribution < 1.29 is 58.9 Å². The van der Waals surface area contributed by atoms with Crippen molar-refractivity contribution in [2.24, 2.45) is 28.8 Å². The number of rotatable bonds is 6. The summed E-state index contributed by atoms with van der Waals surface area (Å²) in [6.45, 7) is 14.2. The Morgan fingerprint density at radius 3 is 2.31 bits per heavy atom. The van der Waals surface area contributed by atoms with Crippen LogP contribution in [0.5, 0.6) is 23.0 Å². The van der Waals surface area contributed by atoms with Crippen LogP contribution in [0.2, 0.25) is 0 Å². The third-order valence-electron chi connectivity index (χ3n) is 12.7. The number of phenolic OH excluding ortho intramolecular Hbond substituents is 3. The van der Waals surface area contributed by atoms with E-state index in [1.54, 1.807) is 52.0 Å². The van der Waals surface area contributed by atoms with Gasteiger partial charge in [0.25, 0.3) is 11.7 Å². The summed E-state index contributed by atoms with van der Waals surface area (Å²) in [7, 11) is 1.43. The van der Waals surface area contributed by atoms with Gasteiger partial charge in [-0.15, -0.1) is 10.2 Å². The lowest BCUT2D eigenvalue weighted by Gasteiger charge is -2.38. The number of aromatic nitrogens is 2. The molecule has 7 rings (SSSR count). The Labute approximate surface area is 377 Å². The third-order valence-corrected chi connectivity index (χ3v) is 12.7. The zero-order valence-electron chi connectivity index (χ0n) is 38.2. The second kappa shape index (κ2) is 19.9. The molecule has 350 valence electrons. The van der Waals surface area contributed by atoms with Gasteiger partial charge in [0.1, 0.15) is 23.4 Å². The van der Waals surface area contributed by atoms with Crippen LogP contribution < -0.4 is 20.4 Å². The largest absolute Gasteiger partial charge is 0.507 e. The van der Waals surface area contributed by atoms with Crippen LogP contribution >= 0.6 is 0 Å². The number of aliphatic hydroxyl groups is 2. The maximum absolute atomic E-state index is 14.5. The molecule has 18 nitrogen and oxygen atoms in total. The van der Waals surface area contributed by atoms with E-state index in [1.807, 2.05) is 0 Å². The van der Waals surface area contributed by atoms with Crippen molar-refractivity contribution in [3.05, 3.63) is 65.0 Å². The summed E-state index contributed by atoms with van der Waals surface area (Å²) in [5, 5.41) is 73.5. The first-order valence-corrected chi connectivity index (χ1v) is 21.8. The van der Waals surface area contributed by atoms with Gasteiger partial charge in [-0.25, -0.2) is 0 Å². The number of methoxy groups -OCH3 is 1. The standard InChI is InChI=1S/C47H60N6O12/c1-23-14-13-15-24(2)46(61)49-37-30(22-48-50-32-16-17-33(52-51-32)53-19-11-10-12-20-53)41(58)34-35(42(37)59)40(57)28(6)44-36(34)45(60)47(8,65-44)63-21-18-31(62-9)25(3)43(64-29(7)54)27(5)39(56)26(4)38(23)55/h13-18,21-23,25-27,31,38-39,43,55-59H,10-12,19-20H2,1-9H3,(H,49,61)(H,50,51)/b14-13+,21-18+,24-15+,48-22+. The molecule has 0 saturated carbocycles. The molecule has 4 aliphatic rings. The Morgan fingerprint density at radius 2 is 1.66 bits per heavy atom. The highest BCUT2D eigenvalue weighted by Gasteiger charge is 2.50. The van der Waals surface area contributed by atoms with E-state index >= 15 is 0 Å². The van der Waals surface area contributed by atoms with Gasteiger partial charge < -0.3 is 54.7 Å². The van der Waals surface area contributed by atoms with Crippen molar-refractivity contribution >= 4 is 52.0 Å². The lowest BCUT2D eigenvalue weighted by atomic mass is 9.78. The Hall–Kier alpha value is -6.24. The molecule has 0 spiro atoms. The molecule has 2 aromatic carbocycles. The number of nitrogens with zero attached hydrogens (tertiary/aromatic N) is 4. The monoisotopic (exact) mass is 900 g/mol. The molecule has 0 aliphatic carbocycles. The van der Waals surface area contributed by atoms with Crippen molar-refractivity contribution in [1.29, 1.82) is 0 Å². The summed E-state index contributed by atoms with van der Waals surface area (Å²) in [6.07, 6.45) is 7.80. The molecule has 0 radical (unpaired) electrons. The molecule has 5 heterocycles. The highest BCUT2D eigenvalue weighted by molar-refractivity contribution is 6.24. The number of hydrogen-bond donors (Lipinski definition) is 7. The Kier molecular flexibility index (Phi) is 14.7. The molecule has 18 heteroatoms. The minimum atomic E-state index is -2.08. The first-order valence-electron chi connectivity index (χ1n) is 21.8. The van der Waals surface area contributed by atoms with Crippen LogP contribution in [0.3, 0.4) is 0 Å². The average Bonchev–Trinajstić information content (AvgIpc) is 3.55. The number of Topliss-reactive ketones (excluding diaryl/α,β-unsaturated/α-hetero) is 1. The number of aliphatic hydroxyl groups excluding tert-OH is 2. The van der Waals surface area contributed by atoms with Crippen LogP contribution in [-0.4, -0.2) is 110 Å². The van der Waals surface area contributed by atoms with Gasteiger partial charge in [0.15, 0.2) is 17.4 Å². The fourth-order valence-electron chi connectivity index (χ4n) is 8.71. The fourth-order valence-corrected chi connectivity index (χ4v) is 8.71. The molecular formula is C47H60N6O12. The quantitative estimate of drug-likeness (QED) is 0.0494. The lowest BCUT2D eigenvalue weighted by Crippen LogP contribution is -2.46. The van der Waals surface area contributed by atoms with Crippen molar-refractivity contribution in [3.8, 4) is 23.0 Å². The number of nitrogens with one attached hydrogen (secondary N) is 2. The predicted octanol–water partition coefficient (Wildman–Crippen LogP) is 5.98. The van der Waals surface area contributed by atoms with Gasteiger partial charge in [0.2, 0.25) is 0 Å². The number of esters is 1. The van der Waals surface area contributed by atoms with Gasteiger partial charge in [-0.05, 0) is 51.3 Å². The number of ether oxygens (including phenoxy) is 4. The normalized spacial score (nSPS) is 29.8. The van der Waals surface area contributed by atoms with E-state index in [0.717, 1.165) is 38.6 Å². The van der Waals surface area contributed by atoms with Crippen LogP contribution in [0.25, 0.3) is 10.8 Å². The number of fused-ring (bicyclic) bond motifs is 14. The molecule has 7 N–H and O–H groups in total. The van der Waals surface area contributed by atoms with E-state index in [0.29, 0.717) is 5.82 Å². The van der Waals surface area contributed by atoms with Gasteiger partial charge in [0, 0.05) is 74.2 Å². The van der Waals surface area contributed by atoms with Crippen molar-refractivity contribution in [2.45, 2.75) is 105 Å². The summed E-state index contributed by atoms with van der Waals surface area (Å²) < 4.78 is 23.6. The molecule has 1 fully saturated rings. The maximum Gasteiger partial charge on any atom is 0.312 e. The van der Waals surface area contributed by atoms with Crippen molar-refractivity contribution in [3.63, 3.8) is 0 Å². The number of anilines is 3. The summed E-state index contributed by atoms with van der Waals surface area (Å²) in [5.41, 5.74) is 2.08. The predicted molar refractivity (Wildman–Crippen MR) is 243 cm³/mol. The van der Waals surface area contributed by atoms with Crippen LogP contribution in [0.4, 0.5) is 17.3 Å². The Balaban J connectivity index is 1.47. The number of carbonyl (C=O) groups excluding carboxylic acids is 3. The molecule has 1 amide bonds. The van der Waals surface area contributed by atoms with Gasteiger partial charge in [-0.2, -0.15) is 5.10 Å². The van der Waals surface area contributed by atoms with E-state index in [4.69, 9.17) is 18.9 Å². The van der Waals surface area contributed by atoms with E-state index in [1.165, 1.54) is 53.2 Å². The minimum Gasteiger partial charge on any atom is -0.507 e. The summed E-state index contributed by atoms with van der Waals surface area (Å²) in [4.78, 5) is 42.9. The van der Waals surface area contributed by atoms with Gasteiger partial charge in [-0.3, -0.25) is 19.8 Å². The fraction of sp³-hybridized carbons (Fsp3) is 0.489. The molecule has 65 heavy (non-hydrogen) atoms. The molecule has 9 atom stereocenters. The smallest absolute Gasteiger partial charge is 0.312 e. The number of hydrogen-bond acceptors (Lipinski definition) is 17. The molecule has 1 aromatic heterocycles. The molecule has 4 aliphatic heterocycles. The van der Waals surface area contributed by atoms with Gasteiger partial charge in [0.05, 0.1) is 53.0 Å². The number of allylic oxidation sites excluding steroid dienone is 2. The second-order valence-corrected chi connectivity index (χ2v) is 17.3. The number of aromatic hydroxyl groups is 3. The van der Waals surface area contributed by atoms with E-state index in [-0.39, 0.29) is 50.3 Å². The summed E-state index contributed by atoms with van der Waals surface area (Å²) >= 11 is 0. The van der Waals surface area contributed by atoms with Crippen LogP contribution in [0.15, 0.2) is 53.4 Å². The Morgan fingerprint density at radius 1 is 0.954 bits per heavy atom. The number of carbonyl (C=O) groups is 3. The highest BCUT2D eigenvalue weighted by Crippen LogP contribution is 2.55.